The van der Waals surface area contributed by atoms with Gasteiger partial charge in [0.05, 0.1) is 58.9 Å². The second kappa shape index (κ2) is 62.8. The normalized spacial score (nSPS) is 11.5. The van der Waals surface area contributed by atoms with Crippen LogP contribution < -0.4 is 114 Å². The van der Waals surface area contributed by atoms with Gasteiger partial charge in [-0.25, -0.2) is 20.0 Å². The fourth-order valence-corrected chi connectivity index (χ4v) is 10.9. The van der Waals surface area contributed by atoms with Gasteiger partial charge < -0.3 is 173 Å². The molecule has 54 heteroatoms. The summed E-state index contributed by atoms with van der Waals surface area (Å²) in [6, 6.07) is 33.7. The lowest BCUT2D eigenvalue weighted by Crippen LogP contribution is -2.45. The summed E-state index contributed by atoms with van der Waals surface area (Å²) in [5, 5.41) is 39.4. The molecule has 9 rings (SSSR count). The topological polar surface area (TPSA) is 910 Å². The number of H-pyrrole nitrogens is 8. The van der Waals surface area contributed by atoms with Crippen molar-refractivity contribution in [1.29, 1.82) is 21.6 Å². The number of rotatable bonds is 18. The van der Waals surface area contributed by atoms with E-state index in [1.165, 1.54) is 9.80 Å². The van der Waals surface area contributed by atoms with Gasteiger partial charge in [0.25, 0.3) is 0 Å². The van der Waals surface area contributed by atoms with Crippen LogP contribution in [0.25, 0.3) is 0 Å². The Bertz CT molecular complexity index is 5550. The standard InChI is InChI=1S/3C10H18N6.4C9H16N6.C9H15N5S.C8H14N6/c1-7-4-5-8(14-7)6-16(3)10(12)15-9(11)13-2;1-7-4-5-8(14-7)6-15(2)10(13)16(3)9(11)12;1-7-4-5-8(14-7)6-16(3)10(13-2)15-9(11)12;1-6-3-4-7(14-6)5-13-9(11)15-8(10)12-2;1-6-3-4-7(13-6)5-15(2)9(12)14-8(10)11;1-6-3-4-7(14-6)5-13-9(12)15(2)8(10)11;1-6-3-4-7(14-6)5-13-9(12-2)15-8(10)11;1-14(2)9(11)13-8(10)12-5-7-3-4-15-6-7;1-5-2-3-6(13-5)4-12-8(11)14-7(9)10/h4-5,14H,6H2,1-3H3,(H4,11,12,13,15);4-5,13-14H,6H2,1-3H3,(H3,11,12);4-5,14H,6H2,1-3H3,(H4,11,12,13,15);3-4,14H,5H2,1-2H3,(H5,10,11,12,13,15);3-4,13H,5H2,1-2H3,(H5,10,11,12,14);3-4,14H,5H2,1-2H3,(H3,10,11)(H2,12,13);3-4,14H,5H2,1-2H3,(H5,10,11,12,13,15);3-4,6H,5H2,1-2H3,(H4,10,11,12,13);2-3,13H,4H2,1H3,(H6,9,10,11,12,14). The first-order valence-corrected chi connectivity index (χ1v) is 42.5. The van der Waals surface area contributed by atoms with Crippen LogP contribution in [0.1, 0.15) is 96.7 Å². The zero-order valence-corrected chi connectivity index (χ0v) is 82.8. The van der Waals surface area contributed by atoms with E-state index in [9.17, 15) is 0 Å². The smallest absolute Gasteiger partial charge is 0.223 e. The summed E-state index contributed by atoms with van der Waals surface area (Å²) in [4.78, 5) is 91.1. The van der Waals surface area contributed by atoms with Crippen LogP contribution in [0.2, 0.25) is 0 Å². The van der Waals surface area contributed by atoms with Crippen LogP contribution in [0, 0.1) is 77.0 Å². The van der Waals surface area contributed by atoms with E-state index >= 15 is 0 Å². The van der Waals surface area contributed by atoms with Gasteiger partial charge in [0.15, 0.2) is 71.5 Å². The molecule has 0 atom stereocenters. The number of hydrogen-bond acceptors (Lipinski definition) is 13. The first kappa shape index (κ1) is 118. The van der Waals surface area contributed by atoms with E-state index in [2.05, 4.69) is 120 Å². The molecule has 0 unspecified atom stereocenters. The van der Waals surface area contributed by atoms with Gasteiger partial charge in [-0.2, -0.15) is 41.3 Å². The second-order valence-corrected chi connectivity index (χ2v) is 30.7. The minimum absolute atomic E-state index is 0.00855. The number of aromatic nitrogens is 8. The van der Waals surface area contributed by atoms with Crippen molar-refractivity contribution in [2.24, 2.45) is 173 Å². The summed E-state index contributed by atoms with van der Waals surface area (Å²) in [7, 11) is 20.5. The van der Waals surface area contributed by atoms with Crippen molar-refractivity contribution in [3.8, 4) is 0 Å². The lowest BCUT2D eigenvalue weighted by molar-refractivity contribution is 0.436. The Hall–Kier alpha value is -17.4. The molecule has 0 bridgehead atoms. The lowest BCUT2D eigenvalue weighted by atomic mass is 10.3. The molecule has 50 N–H and O–H groups in total. The van der Waals surface area contributed by atoms with Gasteiger partial charge in [0.2, 0.25) is 35.8 Å². The number of hydrogen-bond donors (Lipinski definition) is 32. The number of nitrogens with two attached hydrogens (primary N) is 18. The molecule has 0 spiro atoms. The molecule has 0 aliphatic rings. The number of aryl methyl sites for hydroxylation is 8. The van der Waals surface area contributed by atoms with Gasteiger partial charge in [0, 0.05) is 176 Å². The van der Waals surface area contributed by atoms with E-state index in [4.69, 9.17) is 125 Å². The number of aromatic amines is 8. The third-order valence-corrected chi connectivity index (χ3v) is 18.0. The van der Waals surface area contributed by atoms with E-state index in [1.54, 1.807) is 101 Å². The molecule has 9 aromatic heterocycles. The summed E-state index contributed by atoms with van der Waals surface area (Å²) in [5.74, 6) is 2.59. The Morgan fingerprint density at radius 1 is 0.328 bits per heavy atom. The molecule has 0 aliphatic carbocycles. The molecule has 53 nitrogen and oxygen atoms in total. The van der Waals surface area contributed by atoms with Gasteiger partial charge in [-0.05, 0) is 175 Å². The van der Waals surface area contributed by atoms with Crippen LogP contribution in [0.3, 0.4) is 0 Å². The molecule has 0 aromatic carbocycles. The number of nitrogens with one attached hydrogen (secondary N) is 14. The number of thiophene rings is 1. The molecule has 137 heavy (non-hydrogen) atoms. The summed E-state index contributed by atoms with van der Waals surface area (Å²) < 4.78 is 0. The van der Waals surface area contributed by atoms with Crippen LogP contribution in [-0.2, 0) is 58.9 Å². The Kier molecular flexibility index (Phi) is 53.9. The molecule has 9 heterocycles. The fourth-order valence-electron chi connectivity index (χ4n) is 10.2. The molecule has 9 aromatic rings. The summed E-state index contributed by atoms with van der Waals surface area (Å²) in [5.41, 5.74) is 115. The lowest BCUT2D eigenvalue weighted by Gasteiger charge is -2.26. The van der Waals surface area contributed by atoms with Gasteiger partial charge in [-0.3, -0.25) is 56.7 Å². The first-order chi connectivity index (χ1) is 64.3. The van der Waals surface area contributed by atoms with E-state index < -0.39 is 0 Å². The van der Waals surface area contributed by atoms with Crippen molar-refractivity contribution in [2.45, 2.75) is 114 Å². The molecule has 0 saturated carbocycles. The van der Waals surface area contributed by atoms with Crippen LogP contribution in [-0.4, -0.2) is 266 Å². The third-order valence-electron chi connectivity index (χ3n) is 17.3. The zero-order chi connectivity index (χ0) is 104. The van der Waals surface area contributed by atoms with Gasteiger partial charge in [-0.1, -0.05) is 0 Å². The molecular formula is C83H147N53S. The molecule has 0 aliphatic heterocycles. The SMILES string of the molecule is CN(C)C(N)=NC(N)=NCc1ccsc1.CN=C(N)N=C(N)N(C)Cc1ccc(C)[nH]1.CN=C(N)NC(N)=NCc1ccc(C)[nH]1.CN=C(N=C(N)N)N(C)Cc1ccc(C)[nH]1.CN=C(N=C(N)N)NCc1ccc(C)[nH]1.Cc1ccc(CN(C)C(=N)N(C)C(=N)N)[nH]1.Cc1ccc(CN(C)C(=N)N=C(N)N)[nH]1.Cc1ccc(CN=C(N)N(C)C(=N)N)[nH]1.Cc1ccc(CN=C(N)N=C(N)N)[nH]1. The number of aliphatic imine (C=N–C) groups is 14. The number of guanidine groups is 18. The van der Waals surface area contributed by atoms with E-state index in [0.29, 0.717) is 82.7 Å². The summed E-state index contributed by atoms with van der Waals surface area (Å²) in [6.45, 7) is 20.9. The van der Waals surface area contributed by atoms with Crippen molar-refractivity contribution in [1.82, 2.24) is 84.8 Å². The fraction of sp³-hybridized carbons (Fsp3) is 0.349. The second-order valence-electron chi connectivity index (χ2n) is 29.9. The number of nitrogens with zero attached hydrogens (tertiary/aromatic N) is 21. The van der Waals surface area contributed by atoms with Crippen LogP contribution in [0.4, 0.5) is 0 Å². The van der Waals surface area contributed by atoms with Crippen LogP contribution in [0.15, 0.2) is 184 Å². The Morgan fingerprint density at radius 3 is 1.05 bits per heavy atom. The third kappa shape index (κ3) is 52.9. The Morgan fingerprint density at radius 2 is 0.693 bits per heavy atom. The Labute approximate surface area is 803 Å². The minimum Gasteiger partial charge on any atom is -0.370 e. The Balaban J connectivity index is 0.000000771. The predicted octanol–water partition coefficient (Wildman–Crippen LogP) is -0.336. The van der Waals surface area contributed by atoms with Crippen molar-refractivity contribution < 1.29 is 0 Å². The quantitative estimate of drug-likeness (QED) is 0.0386. The average molecular weight is 1920 g/mol. The summed E-state index contributed by atoms with van der Waals surface area (Å²) >= 11 is 1.63. The van der Waals surface area contributed by atoms with Crippen LogP contribution >= 0.6 is 11.3 Å². The average Bonchev–Trinajstić information content (AvgIpc) is 1.82. The minimum atomic E-state index is -0.139. The molecule has 0 radical (unpaired) electrons. The summed E-state index contributed by atoms with van der Waals surface area (Å²) in [6.07, 6.45) is 0. The zero-order valence-electron chi connectivity index (χ0n) is 82.0. The highest BCUT2D eigenvalue weighted by molar-refractivity contribution is 7.08. The molecule has 0 amide bonds. The van der Waals surface area contributed by atoms with Crippen molar-refractivity contribution in [3.05, 3.63) is 211 Å². The molecular weight excluding hydrogens is 1770 g/mol. The maximum Gasteiger partial charge on any atom is 0.223 e. The van der Waals surface area contributed by atoms with Gasteiger partial charge >= 0.3 is 0 Å². The van der Waals surface area contributed by atoms with Crippen LogP contribution in [0.5, 0.6) is 0 Å². The van der Waals surface area contributed by atoms with Gasteiger partial charge in [0.1, 0.15) is 0 Å². The molecule has 0 saturated heterocycles. The van der Waals surface area contributed by atoms with Gasteiger partial charge in [-0.15, -0.1) is 0 Å². The van der Waals surface area contributed by atoms with Crippen molar-refractivity contribution in [2.75, 3.05) is 84.6 Å². The first-order valence-electron chi connectivity index (χ1n) is 41.5. The van der Waals surface area contributed by atoms with E-state index in [1.807, 2.05) is 188 Å². The maximum atomic E-state index is 7.80. The molecule has 0 fully saturated rings. The van der Waals surface area contributed by atoms with Crippen molar-refractivity contribution in [3.63, 3.8) is 0 Å². The van der Waals surface area contributed by atoms with E-state index in [0.717, 1.165) is 96.7 Å². The van der Waals surface area contributed by atoms with E-state index in [-0.39, 0.29) is 83.4 Å². The maximum absolute atomic E-state index is 7.80. The molecule has 750 valence electrons. The highest BCUT2D eigenvalue weighted by Gasteiger charge is 2.15. The highest BCUT2D eigenvalue weighted by atomic mass is 32.1. The monoisotopic (exact) mass is 1920 g/mol. The highest BCUT2D eigenvalue weighted by Crippen LogP contribution is 2.12. The predicted molar refractivity (Wildman–Crippen MR) is 562 cm³/mol. The van der Waals surface area contributed by atoms with Crippen molar-refractivity contribution >= 4 is 119 Å². The largest absolute Gasteiger partial charge is 0.370 e.